The number of hydrogen-bond acceptors (Lipinski definition) is 7. The lowest BCUT2D eigenvalue weighted by atomic mass is 9.72. The quantitative estimate of drug-likeness (QED) is 0.392. The molecule has 0 saturated carbocycles. The summed E-state index contributed by atoms with van der Waals surface area (Å²) in [5.74, 6) is -1.66. The molecule has 0 radical (unpaired) electrons. The van der Waals surface area contributed by atoms with Gasteiger partial charge in [-0.25, -0.2) is 4.79 Å². The molecule has 3 heterocycles. The van der Waals surface area contributed by atoms with Crippen LogP contribution >= 0.6 is 11.6 Å². The average molecular weight is 560 g/mol. The van der Waals surface area contributed by atoms with E-state index in [1.807, 2.05) is 19.1 Å². The van der Waals surface area contributed by atoms with Gasteiger partial charge >= 0.3 is 5.97 Å². The minimum absolute atomic E-state index is 0.0207. The first-order valence-corrected chi connectivity index (χ1v) is 14.0. The highest BCUT2D eigenvalue weighted by atomic mass is 35.5. The summed E-state index contributed by atoms with van der Waals surface area (Å²) in [5, 5.41) is 4.01. The Kier molecular flexibility index (Phi) is 7.11. The Morgan fingerprint density at radius 1 is 1.10 bits per heavy atom. The number of carbonyl (C=O) groups is 2. The van der Waals surface area contributed by atoms with Gasteiger partial charge < -0.3 is 19.2 Å². The van der Waals surface area contributed by atoms with Gasteiger partial charge in [0.25, 0.3) is 0 Å². The predicted molar refractivity (Wildman–Crippen MR) is 151 cm³/mol. The van der Waals surface area contributed by atoms with Crippen molar-refractivity contribution in [2.75, 3.05) is 13.2 Å². The number of aryl methyl sites for hydroxylation is 1. The first-order valence-electron chi connectivity index (χ1n) is 13.6. The van der Waals surface area contributed by atoms with E-state index in [1.54, 1.807) is 25.1 Å². The third kappa shape index (κ3) is 4.88. The van der Waals surface area contributed by atoms with Gasteiger partial charge in [-0.2, -0.15) is 0 Å². The molecule has 2 aromatic carbocycles. The maximum atomic E-state index is 13.9. The van der Waals surface area contributed by atoms with Crippen molar-refractivity contribution in [3.63, 3.8) is 0 Å². The molecule has 6 rings (SSSR count). The van der Waals surface area contributed by atoms with Gasteiger partial charge in [0.05, 0.1) is 29.2 Å². The molecule has 0 amide bonds. The number of esters is 1. The molecule has 1 saturated heterocycles. The van der Waals surface area contributed by atoms with Crippen molar-refractivity contribution in [2.24, 2.45) is 0 Å². The van der Waals surface area contributed by atoms with Crippen LogP contribution in [0.4, 0.5) is 0 Å². The van der Waals surface area contributed by atoms with Crippen LogP contribution < -0.4 is 10.7 Å². The summed E-state index contributed by atoms with van der Waals surface area (Å²) in [7, 11) is 0. The molecule has 206 valence electrons. The minimum atomic E-state index is -0.931. The van der Waals surface area contributed by atoms with Crippen LogP contribution in [-0.2, 0) is 19.1 Å². The minimum Gasteiger partial charge on any atom is -0.464 e. The number of allylic oxidation sites excluding steroid dienone is 3. The standard InChI is InChI=1S/C32H30ClNO6/c1-17-5-7-19(8-6-17)20-12-25-30(26(35)13-20)29(24-16-39-27-10-9-21(33)14-23(27)31(24)36)28(18(2)34-25)32(37)40-15-22-4-3-11-38-22/h5-10,14,16,20,22,29,34H,3-4,11-13,15H2,1-2H3/t20-,22+,29-/m1/s1. The molecule has 1 N–H and O–H groups in total. The van der Waals surface area contributed by atoms with E-state index in [2.05, 4.69) is 17.4 Å². The fraction of sp³-hybridized carbons (Fsp3) is 0.344. The van der Waals surface area contributed by atoms with Gasteiger partial charge in [0.15, 0.2) is 11.2 Å². The van der Waals surface area contributed by atoms with E-state index in [-0.39, 0.29) is 52.8 Å². The van der Waals surface area contributed by atoms with Gasteiger partial charge in [-0.15, -0.1) is 0 Å². The molecule has 0 bridgehead atoms. The molecule has 3 atom stereocenters. The molecule has 7 nitrogen and oxygen atoms in total. The van der Waals surface area contributed by atoms with Gasteiger partial charge in [0.1, 0.15) is 12.2 Å². The van der Waals surface area contributed by atoms with E-state index < -0.39 is 11.9 Å². The average Bonchev–Trinajstić information content (AvgIpc) is 3.46. The van der Waals surface area contributed by atoms with Crippen LogP contribution in [0.3, 0.4) is 0 Å². The Morgan fingerprint density at radius 2 is 1.90 bits per heavy atom. The summed E-state index contributed by atoms with van der Waals surface area (Å²) in [5.41, 5.74) is 4.36. The highest BCUT2D eigenvalue weighted by Crippen LogP contribution is 2.45. The molecule has 3 aromatic rings. The maximum Gasteiger partial charge on any atom is 0.336 e. The number of fused-ring (bicyclic) bond motifs is 1. The third-order valence-electron chi connectivity index (χ3n) is 8.09. The zero-order valence-corrected chi connectivity index (χ0v) is 23.2. The first kappa shape index (κ1) is 26.5. The Bertz CT molecular complexity index is 1630. The molecule has 1 aliphatic carbocycles. The van der Waals surface area contributed by atoms with Crippen molar-refractivity contribution in [1.29, 1.82) is 0 Å². The Morgan fingerprint density at radius 3 is 2.65 bits per heavy atom. The molecule has 0 unspecified atom stereocenters. The van der Waals surface area contributed by atoms with E-state index >= 15 is 0 Å². The van der Waals surface area contributed by atoms with Crippen molar-refractivity contribution >= 4 is 34.3 Å². The monoisotopic (exact) mass is 559 g/mol. The number of ketones is 1. The molecule has 1 fully saturated rings. The van der Waals surface area contributed by atoms with Crippen LogP contribution in [-0.4, -0.2) is 31.1 Å². The molecular formula is C32H30ClNO6. The number of ether oxygens (including phenoxy) is 2. The van der Waals surface area contributed by atoms with E-state index in [4.69, 9.17) is 25.5 Å². The lowest BCUT2D eigenvalue weighted by Crippen LogP contribution is -2.38. The van der Waals surface area contributed by atoms with E-state index in [9.17, 15) is 14.4 Å². The van der Waals surface area contributed by atoms with Gasteiger partial charge in [0.2, 0.25) is 0 Å². The van der Waals surface area contributed by atoms with E-state index in [0.29, 0.717) is 40.6 Å². The number of rotatable bonds is 5. The van der Waals surface area contributed by atoms with Crippen LogP contribution in [0.25, 0.3) is 11.0 Å². The van der Waals surface area contributed by atoms with Crippen LogP contribution in [0.2, 0.25) is 5.02 Å². The number of benzene rings is 2. The van der Waals surface area contributed by atoms with Gasteiger partial charge in [0, 0.05) is 40.6 Å². The van der Waals surface area contributed by atoms with Crippen LogP contribution in [0.5, 0.6) is 0 Å². The van der Waals surface area contributed by atoms with E-state index in [0.717, 1.165) is 24.0 Å². The number of Topliss-reactive ketones (excluding diaryl/α,β-unsaturated/α-hetero) is 1. The van der Waals surface area contributed by atoms with Crippen molar-refractivity contribution in [1.82, 2.24) is 5.32 Å². The summed E-state index contributed by atoms with van der Waals surface area (Å²) >= 11 is 6.20. The fourth-order valence-corrected chi connectivity index (χ4v) is 6.21. The Labute approximate surface area is 236 Å². The first-order chi connectivity index (χ1) is 19.3. The molecule has 2 aliphatic heterocycles. The molecular weight excluding hydrogens is 530 g/mol. The van der Waals surface area contributed by atoms with Gasteiger partial charge in [-0.1, -0.05) is 41.4 Å². The second kappa shape index (κ2) is 10.7. The fourth-order valence-electron chi connectivity index (χ4n) is 6.03. The maximum absolute atomic E-state index is 13.9. The topological polar surface area (TPSA) is 94.8 Å². The van der Waals surface area contributed by atoms with Crippen molar-refractivity contribution in [3.8, 4) is 0 Å². The lowest BCUT2D eigenvalue weighted by Gasteiger charge is -2.36. The Hall–Kier alpha value is -3.68. The van der Waals surface area contributed by atoms with E-state index in [1.165, 1.54) is 6.26 Å². The SMILES string of the molecule is CC1=C(C(=O)OC[C@@H]2CCCO2)[C@@H](c2coc3ccc(Cl)cc3c2=O)C2=C(C[C@@H](c3ccc(C)cc3)CC2=O)N1. The van der Waals surface area contributed by atoms with Gasteiger partial charge in [-0.3, -0.25) is 9.59 Å². The summed E-state index contributed by atoms with van der Waals surface area (Å²) < 4.78 is 17.2. The predicted octanol–water partition coefficient (Wildman–Crippen LogP) is 5.84. The van der Waals surface area contributed by atoms with Crippen LogP contribution in [0.1, 0.15) is 61.1 Å². The van der Waals surface area contributed by atoms with Crippen molar-refractivity contribution < 1.29 is 23.5 Å². The molecule has 0 spiro atoms. The number of nitrogens with one attached hydrogen (secondary N) is 1. The summed E-state index contributed by atoms with van der Waals surface area (Å²) in [6, 6.07) is 13.0. The van der Waals surface area contributed by atoms with Crippen molar-refractivity contribution in [3.05, 3.63) is 103 Å². The molecule has 40 heavy (non-hydrogen) atoms. The van der Waals surface area contributed by atoms with Crippen LogP contribution in [0.15, 0.2) is 80.5 Å². The van der Waals surface area contributed by atoms with Gasteiger partial charge in [-0.05, 0) is 62.8 Å². The van der Waals surface area contributed by atoms with Crippen LogP contribution in [0, 0.1) is 6.92 Å². The zero-order valence-electron chi connectivity index (χ0n) is 22.4. The smallest absolute Gasteiger partial charge is 0.336 e. The second-order valence-corrected chi connectivity index (χ2v) is 11.3. The summed E-state index contributed by atoms with van der Waals surface area (Å²) in [4.78, 5) is 41.4. The van der Waals surface area contributed by atoms with Crippen molar-refractivity contribution in [2.45, 2.75) is 57.5 Å². The molecule has 3 aliphatic rings. The Balaban J connectivity index is 1.44. The number of hydrogen-bond donors (Lipinski definition) is 1. The molecule has 8 heteroatoms. The number of dihydropyridines is 1. The largest absolute Gasteiger partial charge is 0.464 e. The number of carbonyl (C=O) groups excluding carboxylic acids is 2. The zero-order chi connectivity index (χ0) is 28.0. The second-order valence-electron chi connectivity index (χ2n) is 10.8. The normalized spacial score (nSPS) is 22.9. The summed E-state index contributed by atoms with van der Waals surface area (Å²) in [6.45, 7) is 4.56. The highest BCUT2D eigenvalue weighted by Gasteiger charge is 2.43. The highest BCUT2D eigenvalue weighted by molar-refractivity contribution is 6.31. The lowest BCUT2D eigenvalue weighted by molar-refractivity contribution is -0.142. The molecule has 1 aromatic heterocycles. The summed E-state index contributed by atoms with van der Waals surface area (Å²) in [6.07, 6.45) is 3.77. The third-order valence-corrected chi connectivity index (χ3v) is 8.33. The number of halogens is 1.